The highest BCUT2D eigenvalue weighted by molar-refractivity contribution is 5.63. The molecule has 2 aliphatic rings. The van der Waals surface area contributed by atoms with Crippen molar-refractivity contribution in [1.82, 2.24) is 10.2 Å². The Morgan fingerprint density at radius 1 is 0.926 bits per heavy atom. The molecule has 3 nitrogen and oxygen atoms in total. The summed E-state index contributed by atoms with van der Waals surface area (Å²) in [5, 5.41) is 3.51. The lowest BCUT2D eigenvalue weighted by Gasteiger charge is -2.31. The summed E-state index contributed by atoms with van der Waals surface area (Å²) >= 11 is 0. The lowest BCUT2D eigenvalue weighted by Crippen LogP contribution is -2.48. The molecule has 0 bridgehead atoms. The molecular formula is C24H32N2O. The number of piperazine rings is 1. The van der Waals surface area contributed by atoms with Crippen molar-refractivity contribution < 1.29 is 4.74 Å². The van der Waals surface area contributed by atoms with Crippen LogP contribution in [0.1, 0.15) is 43.7 Å². The van der Waals surface area contributed by atoms with Crippen molar-refractivity contribution in [2.75, 3.05) is 19.6 Å². The summed E-state index contributed by atoms with van der Waals surface area (Å²) in [5.74, 6) is 0. The topological polar surface area (TPSA) is 24.5 Å². The van der Waals surface area contributed by atoms with Crippen molar-refractivity contribution in [3.05, 3.63) is 59.7 Å². The summed E-state index contributed by atoms with van der Waals surface area (Å²) in [6.45, 7) is 7.41. The molecule has 4 rings (SSSR count). The van der Waals surface area contributed by atoms with Gasteiger partial charge in [-0.3, -0.25) is 4.90 Å². The van der Waals surface area contributed by atoms with Gasteiger partial charge in [0.05, 0.1) is 12.7 Å². The first-order valence-corrected chi connectivity index (χ1v) is 10.5. The molecule has 1 saturated heterocycles. The third-order valence-corrected chi connectivity index (χ3v) is 5.89. The predicted octanol–water partition coefficient (Wildman–Crippen LogP) is 4.61. The zero-order chi connectivity index (χ0) is 18.5. The number of nitrogens with one attached hydrogen (secondary N) is 1. The van der Waals surface area contributed by atoms with E-state index in [9.17, 15) is 0 Å². The Kier molecular flexibility index (Phi) is 6.23. The number of benzene rings is 2. The second kappa shape index (κ2) is 9.01. The van der Waals surface area contributed by atoms with E-state index in [1.807, 2.05) is 0 Å². The summed E-state index contributed by atoms with van der Waals surface area (Å²) in [4.78, 5) is 2.54. The first-order valence-electron chi connectivity index (χ1n) is 10.5. The van der Waals surface area contributed by atoms with Crippen LogP contribution in [0, 0.1) is 0 Å². The number of ether oxygens (including phenoxy) is 1. The van der Waals surface area contributed by atoms with Crippen LogP contribution in [0.4, 0.5) is 0 Å². The molecule has 2 fully saturated rings. The van der Waals surface area contributed by atoms with Crippen molar-refractivity contribution in [3.8, 4) is 11.1 Å². The monoisotopic (exact) mass is 364 g/mol. The molecular weight excluding hydrogens is 332 g/mol. The molecule has 2 aromatic rings. The van der Waals surface area contributed by atoms with Crippen LogP contribution in [0.25, 0.3) is 11.1 Å². The molecule has 3 heteroatoms. The standard InChI is InChI=1S/C24H32N2O/c1-19-16-26(15-14-25-19)17-20-6-10-22(11-7-20)23-12-8-21(9-13-23)18-27-24-4-2-3-5-24/h6-13,19,24-25H,2-5,14-18H2,1H3/t19-/m0/s1. The fourth-order valence-electron chi connectivity index (χ4n) is 4.28. The van der Waals surface area contributed by atoms with Gasteiger partial charge in [0.2, 0.25) is 0 Å². The first kappa shape index (κ1) is 18.7. The summed E-state index contributed by atoms with van der Waals surface area (Å²) < 4.78 is 6.02. The molecule has 0 aromatic heterocycles. The molecule has 1 aliphatic heterocycles. The Balaban J connectivity index is 1.32. The van der Waals surface area contributed by atoms with E-state index in [1.165, 1.54) is 47.9 Å². The lowest BCUT2D eigenvalue weighted by molar-refractivity contribution is 0.0457. The third-order valence-electron chi connectivity index (χ3n) is 5.89. The van der Waals surface area contributed by atoms with E-state index in [0.29, 0.717) is 12.1 Å². The second-order valence-electron chi connectivity index (χ2n) is 8.20. The zero-order valence-electron chi connectivity index (χ0n) is 16.5. The molecule has 0 unspecified atom stereocenters. The quantitative estimate of drug-likeness (QED) is 0.810. The minimum Gasteiger partial charge on any atom is -0.374 e. The van der Waals surface area contributed by atoms with Crippen molar-refractivity contribution in [1.29, 1.82) is 0 Å². The van der Waals surface area contributed by atoms with Crippen LogP contribution in [0.5, 0.6) is 0 Å². The summed E-state index contributed by atoms with van der Waals surface area (Å²) in [6, 6.07) is 18.5. The highest BCUT2D eigenvalue weighted by Crippen LogP contribution is 2.24. The number of rotatable bonds is 6. The van der Waals surface area contributed by atoms with Gasteiger partial charge in [0.1, 0.15) is 0 Å². The Morgan fingerprint density at radius 2 is 1.56 bits per heavy atom. The van der Waals surface area contributed by atoms with E-state index >= 15 is 0 Å². The molecule has 1 aliphatic carbocycles. The van der Waals surface area contributed by atoms with Gasteiger partial charge in [-0.25, -0.2) is 0 Å². The summed E-state index contributed by atoms with van der Waals surface area (Å²) in [6.07, 6.45) is 5.60. The minimum atomic E-state index is 0.482. The highest BCUT2D eigenvalue weighted by atomic mass is 16.5. The van der Waals surface area contributed by atoms with Crippen LogP contribution in [0.15, 0.2) is 48.5 Å². The smallest absolute Gasteiger partial charge is 0.0720 e. The van der Waals surface area contributed by atoms with Gasteiger partial charge in [0.15, 0.2) is 0 Å². The molecule has 0 amide bonds. The zero-order valence-corrected chi connectivity index (χ0v) is 16.5. The van der Waals surface area contributed by atoms with Crippen molar-refractivity contribution in [2.24, 2.45) is 0 Å². The van der Waals surface area contributed by atoms with Crippen LogP contribution in [-0.2, 0) is 17.9 Å². The predicted molar refractivity (Wildman–Crippen MR) is 112 cm³/mol. The van der Waals surface area contributed by atoms with E-state index < -0.39 is 0 Å². The lowest BCUT2D eigenvalue weighted by atomic mass is 10.0. The van der Waals surface area contributed by atoms with Crippen molar-refractivity contribution in [3.63, 3.8) is 0 Å². The SMILES string of the molecule is C[C@H]1CN(Cc2ccc(-c3ccc(COC4CCCC4)cc3)cc2)CCN1. The molecule has 1 saturated carbocycles. The maximum Gasteiger partial charge on any atom is 0.0720 e. The Morgan fingerprint density at radius 3 is 2.19 bits per heavy atom. The van der Waals surface area contributed by atoms with E-state index in [2.05, 4.69) is 65.7 Å². The number of nitrogens with zero attached hydrogens (tertiary/aromatic N) is 1. The maximum atomic E-state index is 6.02. The Bertz CT molecular complexity index is 704. The summed E-state index contributed by atoms with van der Waals surface area (Å²) in [7, 11) is 0. The normalized spacial score (nSPS) is 21.6. The van der Waals surface area contributed by atoms with Crippen molar-refractivity contribution >= 4 is 0 Å². The van der Waals surface area contributed by atoms with Gasteiger partial charge >= 0.3 is 0 Å². The van der Waals surface area contributed by atoms with E-state index in [-0.39, 0.29) is 0 Å². The number of hydrogen-bond donors (Lipinski definition) is 1. The average Bonchev–Trinajstić information content (AvgIpc) is 3.21. The van der Waals surface area contributed by atoms with Gasteiger partial charge < -0.3 is 10.1 Å². The molecule has 27 heavy (non-hydrogen) atoms. The van der Waals surface area contributed by atoms with Gasteiger partial charge in [0, 0.05) is 32.2 Å². The fraction of sp³-hybridized carbons (Fsp3) is 0.500. The van der Waals surface area contributed by atoms with Crippen LogP contribution in [-0.4, -0.2) is 36.7 Å². The average molecular weight is 365 g/mol. The molecule has 0 radical (unpaired) electrons. The van der Waals surface area contributed by atoms with Gasteiger partial charge in [-0.1, -0.05) is 61.4 Å². The van der Waals surface area contributed by atoms with Crippen LogP contribution in [0.3, 0.4) is 0 Å². The maximum absolute atomic E-state index is 6.02. The van der Waals surface area contributed by atoms with Gasteiger partial charge in [0.25, 0.3) is 0 Å². The third kappa shape index (κ3) is 5.19. The molecule has 2 aromatic carbocycles. The first-order chi connectivity index (χ1) is 13.3. The van der Waals surface area contributed by atoms with Crippen LogP contribution in [0.2, 0.25) is 0 Å². The largest absolute Gasteiger partial charge is 0.374 e. The Hall–Kier alpha value is -1.68. The molecule has 1 heterocycles. The Labute approximate surface area is 163 Å². The van der Waals surface area contributed by atoms with Gasteiger partial charge in [-0.2, -0.15) is 0 Å². The molecule has 0 spiro atoms. The second-order valence-corrected chi connectivity index (χ2v) is 8.20. The van der Waals surface area contributed by atoms with E-state index in [1.54, 1.807) is 0 Å². The molecule has 1 atom stereocenters. The van der Waals surface area contributed by atoms with Crippen LogP contribution < -0.4 is 5.32 Å². The molecule has 1 N–H and O–H groups in total. The van der Waals surface area contributed by atoms with Crippen molar-refractivity contribution in [2.45, 2.75) is 57.9 Å². The van der Waals surface area contributed by atoms with Gasteiger partial charge in [-0.05, 0) is 42.0 Å². The van der Waals surface area contributed by atoms with Gasteiger partial charge in [-0.15, -0.1) is 0 Å². The van der Waals surface area contributed by atoms with E-state index in [0.717, 1.165) is 32.8 Å². The summed E-state index contributed by atoms with van der Waals surface area (Å²) in [5.41, 5.74) is 5.24. The minimum absolute atomic E-state index is 0.482. The van der Waals surface area contributed by atoms with Crippen LogP contribution >= 0.6 is 0 Å². The fourth-order valence-corrected chi connectivity index (χ4v) is 4.28. The van der Waals surface area contributed by atoms with E-state index in [4.69, 9.17) is 4.74 Å². The highest BCUT2D eigenvalue weighted by Gasteiger charge is 2.16. The molecule has 144 valence electrons. The number of hydrogen-bond acceptors (Lipinski definition) is 3.